The minimum Gasteiger partial charge on any atom is -0.327 e. The van der Waals surface area contributed by atoms with Crippen LogP contribution in [0.15, 0.2) is 0 Å². The molecule has 0 radical (unpaired) electrons. The molecule has 0 bridgehead atoms. The number of nitrogens with two attached hydrogens (primary N) is 1. The van der Waals surface area contributed by atoms with E-state index in [1.807, 2.05) is 0 Å². The maximum atomic E-state index is 6.20. The zero-order valence-electron chi connectivity index (χ0n) is 11.8. The molecule has 1 unspecified atom stereocenters. The van der Waals surface area contributed by atoms with Crippen LogP contribution in [0.2, 0.25) is 0 Å². The molecular formula is C15H33N. The molecule has 0 amide bonds. The fourth-order valence-electron chi connectivity index (χ4n) is 2.47. The predicted octanol–water partition coefficient (Wildman–Crippen LogP) is 4.89. The summed E-state index contributed by atoms with van der Waals surface area (Å²) in [4.78, 5) is 0. The fraction of sp³-hybridized carbons (Fsp3) is 1.00. The zero-order chi connectivity index (χ0) is 12.2. The second kappa shape index (κ2) is 11.4. The lowest BCUT2D eigenvalue weighted by atomic mass is 9.91. The van der Waals surface area contributed by atoms with Crippen LogP contribution in [-0.2, 0) is 0 Å². The van der Waals surface area contributed by atoms with Gasteiger partial charge in [0.2, 0.25) is 0 Å². The largest absolute Gasteiger partial charge is 0.327 e. The van der Waals surface area contributed by atoms with E-state index >= 15 is 0 Å². The van der Waals surface area contributed by atoms with Crippen LogP contribution in [0, 0.1) is 5.92 Å². The van der Waals surface area contributed by atoms with Crippen LogP contribution >= 0.6 is 0 Å². The monoisotopic (exact) mass is 227 g/mol. The third kappa shape index (κ3) is 8.15. The van der Waals surface area contributed by atoms with E-state index in [1.54, 1.807) is 0 Å². The highest BCUT2D eigenvalue weighted by molar-refractivity contribution is 4.70. The average Bonchev–Trinajstić information content (AvgIpc) is 2.29. The van der Waals surface area contributed by atoms with Gasteiger partial charge in [0.15, 0.2) is 0 Å². The fourth-order valence-corrected chi connectivity index (χ4v) is 2.47. The van der Waals surface area contributed by atoms with Crippen LogP contribution < -0.4 is 5.73 Å². The van der Waals surface area contributed by atoms with Crippen molar-refractivity contribution < 1.29 is 0 Å². The lowest BCUT2D eigenvalue weighted by molar-refractivity contribution is 0.366. The normalized spacial score (nSPS) is 13.3. The first kappa shape index (κ1) is 16.0. The summed E-state index contributed by atoms with van der Waals surface area (Å²) in [6.45, 7) is 6.80. The van der Waals surface area contributed by atoms with Gasteiger partial charge in [-0.15, -0.1) is 0 Å². The van der Waals surface area contributed by atoms with Crippen molar-refractivity contribution in [3.63, 3.8) is 0 Å². The van der Waals surface area contributed by atoms with Crippen molar-refractivity contribution in [2.45, 2.75) is 91.0 Å². The Labute approximate surface area is 103 Å². The Morgan fingerprint density at radius 2 is 1.25 bits per heavy atom. The van der Waals surface area contributed by atoms with Crippen LogP contribution in [0.3, 0.4) is 0 Å². The summed E-state index contributed by atoms with van der Waals surface area (Å²) in [5, 5.41) is 0. The molecule has 0 saturated carbocycles. The molecule has 1 heteroatoms. The molecule has 0 aliphatic carbocycles. The van der Waals surface area contributed by atoms with Gasteiger partial charge in [0.25, 0.3) is 0 Å². The van der Waals surface area contributed by atoms with Gasteiger partial charge < -0.3 is 5.73 Å². The van der Waals surface area contributed by atoms with Crippen LogP contribution in [0.25, 0.3) is 0 Å². The Kier molecular flexibility index (Phi) is 11.4. The Hall–Kier alpha value is -0.0400. The van der Waals surface area contributed by atoms with Gasteiger partial charge in [0.1, 0.15) is 0 Å². The predicted molar refractivity (Wildman–Crippen MR) is 74.7 cm³/mol. The third-order valence-corrected chi connectivity index (χ3v) is 3.80. The highest BCUT2D eigenvalue weighted by Gasteiger charge is 2.12. The van der Waals surface area contributed by atoms with Gasteiger partial charge in [-0.05, 0) is 12.3 Å². The summed E-state index contributed by atoms with van der Waals surface area (Å²) < 4.78 is 0. The third-order valence-electron chi connectivity index (χ3n) is 3.80. The summed E-state index contributed by atoms with van der Waals surface area (Å²) in [6, 6.07) is 0.450. The highest BCUT2D eigenvalue weighted by Crippen LogP contribution is 2.17. The SMILES string of the molecule is CCCCCCCCCC(N)C(CC)CC. The van der Waals surface area contributed by atoms with E-state index in [4.69, 9.17) is 5.73 Å². The molecule has 0 fully saturated rings. The molecule has 1 nitrogen and oxygen atoms in total. The van der Waals surface area contributed by atoms with Crippen molar-refractivity contribution in [2.75, 3.05) is 0 Å². The Morgan fingerprint density at radius 1 is 0.750 bits per heavy atom. The van der Waals surface area contributed by atoms with Crippen LogP contribution in [0.5, 0.6) is 0 Å². The van der Waals surface area contributed by atoms with Crippen molar-refractivity contribution in [2.24, 2.45) is 11.7 Å². The molecule has 2 N–H and O–H groups in total. The van der Waals surface area contributed by atoms with Crippen molar-refractivity contribution >= 4 is 0 Å². The van der Waals surface area contributed by atoms with Crippen molar-refractivity contribution in [3.05, 3.63) is 0 Å². The van der Waals surface area contributed by atoms with Crippen LogP contribution in [0.4, 0.5) is 0 Å². The summed E-state index contributed by atoms with van der Waals surface area (Å²) in [5.41, 5.74) is 6.20. The van der Waals surface area contributed by atoms with Crippen LogP contribution in [0.1, 0.15) is 85.0 Å². The summed E-state index contributed by atoms with van der Waals surface area (Å²) in [5.74, 6) is 0.750. The van der Waals surface area contributed by atoms with Gasteiger partial charge in [0.05, 0.1) is 0 Å². The van der Waals surface area contributed by atoms with Gasteiger partial charge >= 0.3 is 0 Å². The second-order valence-corrected chi connectivity index (χ2v) is 5.15. The van der Waals surface area contributed by atoms with E-state index in [9.17, 15) is 0 Å². The minimum atomic E-state index is 0.450. The molecule has 0 heterocycles. The molecule has 0 saturated heterocycles. The van der Waals surface area contributed by atoms with Gasteiger partial charge in [-0.25, -0.2) is 0 Å². The lowest BCUT2D eigenvalue weighted by Crippen LogP contribution is -2.29. The van der Waals surface area contributed by atoms with E-state index in [-0.39, 0.29) is 0 Å². The van der Waals surface area contributed by atoms with Crippen molar-refractivity contribution in [3.8, 4) is 0 Å². The number of hydrogen-bond donors (Lipinski definition) is 1. The quantitative estimate of drug-likeness (QED) is 0.500. The van der Waals surface area contributed by atoms with E-state index in [1.165, 1.54) is 64.2 Å². The van der Waals surface area contributed by atoms with E-state index in [0.717, 1.165) is 5.92 Å². The molecular weight excluding hydrogens is 194 g/mol. The Morgan fingerprint density at radius 3 is 1.75 bits per heavy atom. The van der Waals surface area contributed by atoms with Crippen molar-refractivity contribution in [1.29, 1.82) is 0 Å². The van der Waals surface area contributed by atoms with E-state index in [0.29, 0.717) is 6.04 Å². The van der Waals surface area contributed by atoms with Crippen LogP contribution in [-0.4, -0.2) is 6.04 Å². The van der Waals surface area contributed by atoms with Gasteiger partial charge in [-0.2, -0.15) is 0 Å². The Bertz CT molecular complexity index is 129. The Balaban J connectivity index is 3.30. The minimum absolute atomic E-state index is 0.450. The molecule has 0 aromatic heterocycles. The summed E-state index contributed by atoms with van der Waals surface area (Å²) in [7, 11) is 0. The molecule has 0 aromatic rings. The molecule has 0 rings (SSSR count). The molecule has 1 atom stereocenters. The molecule has 16 heavy (non-hydrogen) atoms. The smallest absolute Gasteiger partial charge is 0.00669 e. The van der Waals surface area contributed by atoms with Gasteiger partial charge in [0, 0.05) is 6.04 Å². The molecule has 98 valence electrons. The first-order valence-corrected chi connectivity index (χ1v) is 7.51. The highest BCUT2D eigenvalue weighted by atomic mass is 14.6. The molecule has 0 spiro atoms. The van der Waals surface area contributed by atoms with E-state index < -0.39 is 0 Å². The maximum absolute atomic E-state index is 6.20. The second-order valence-electron chi connectivity index (χ2n) is 5.15. The number of unbranched alkanes of at least 4 members (excludes halogenated alkanes) is 6. The first-order chi connectivity index (χ1) is 7.76. The standard InChI is InChI=1S/C15H33N/c1-4-7-8-9-10-11-12-13-15(16)14(5-2)6-3/h14-15H,4-13,16H2,1-3H3. The van der Waals surface area contributed by atoms with Gasteiger partial charge in [-0.1, -0.05) is 78.6 Å². The lowest BCUT2D eigenvalue weighted by Gasteiger charge is -2.20. The summed E-state index contributed by atoms with van der Waals surface area (Å²) >= 11 is 0. The molecule has 0 aliphatic heterocycles. The summed E-state index contributed by atoms with van der Waals surface area (Å²) in [6.07, 6.45) is 13.5. The molecule has 0 aromatic carbocycles. The molecule has 0 aliphatic rings. The van der Waals surface area contributed by atoms with Crippen molar-refractivity contribution in [1.82, 2.24) is 0 Å². The maximum Gasteiger partial charge on any atom is 0.00669 e. The average molecular weight is 227 g/mol. The zero-order valence-corrected chi connectivity index (χ0v) is 11.8. The van der Waals surface area contributed by atoms with Gasteiger partial charge in [-0.3, -0.25) is 0 Å². The number of rotatable bonds is 11. The first-order valence-electron chi connectivity index (χ1n) is 7.51. The number of hydrogen-bond acceptors (Lipinski definition) is 1. The topological polar surface area (TPSA) is 26.0 Å². The van der Waals surface area contributed by atoms with E-state index in [2.05, 4.69) is 20.8 Å².